The van der Waals surface area contributed by atoms with Crippen LogP contribution in [0.5, 0.6) is 0 Å². The summed E-state index contributed by atoms with van der Waals surface area (Å²) in [4.78, 5) is 0. The first-order chi connectivity index (χ1) is 5.33. The molecule has 3 heteroatoms. The van der Waals surface area contributed by atoms with Crippen molar-refractivity contribution in [3.8, 4) is 0 Å². The van der Waals surface area contributed by atoms with Gasteiger partial charge in [0.15, 0.2) is 0 Å². The van der Waals surface area contributed by atoms with Gasteiger partial charge in [0.2, 0.25) is 0 Å². The number of ether oxygens (including phenoxy) is 1. The highest BCUT2D eigenvalue weighted by atomic mass is 16.5. The van der Waals surface area contributed by atoms with Gasteiger partial charge in [0.05, 0.1) is 12.7 Å². The average molecular weight is 159 g/mol. The molecule has 0 aromatic heterocycles. The first kappa shape index (κ1) is 8.97. The molecule has 0 atom stereocenters. The third-order valence-corrected chi connectivity index (χ3v) is 2.13. The molecule has 0 spiro atoms. The number of aliphatic hydroxyl groups is 1. The molecule has 1 aliphatic rings. The second-order valence-corrected chi connectivity index (χ2v) is 3.19. The first-order valence-corrected chi connectivity index (χ1v) is 4.20. The van der Waals surface area contributed by atoms with Crippen molar-refractivity contribution < 1.29 is 9.84 Å². The van der Waals surface area contributed by atoms with Gasteiger partial charge < -0.3 is 15.2 Å². The molecule has 0 aromatic carbocycles. The second kappa shape index (κ2) is 4.70. The summed E-state index contributed by atoms with van der Waals surface area (Å²) < 4.78 is 4.88. The van der Waals surface area contributed by atoms with Gasteiger partial charge in [-0.1, -0.05) is 0 Å². The molecule has 66 valence electrons. The number of methoxy groups -OCH3 is 1. The van der Waals surface area contributed by atoms with Crippen LogP contribution in [0.4, 0.5) is 0 Å². The summed E-state index contributed by atoms with van der Waals surface area (Å²) >= 11 is 0. The minimum Gasteiger partial charge on any atom is -0.393 e. The molecular formula is C8H17NO2. The zero-order valence-electron chi connectivity index (χ0n) is 7.05. The zero-order valence-corrected chi connectivity index (χ0v) is 7.05. The molecule has 0 bridgehead atoms. The lowest BCUT2D eigenvalue weighted by Gasteiger charge is -2.31. The number of aliphatic hydroxyl groups excluding tert-OH is 1. The Morgan fingerprint density at radius 1 is 1.55 bits per heavy atom. The summed E-state index contributed by atoms with van der Waals surface area (Å²) in [5.74, 6) is 0.696. The molecule has 1 rings (SSSR count). The van der Waals surface area contributed by atoms with E-state index in [4.69, 9.17) is 9.84 Å². The van der Waals surface area contributed by atoms with Gasteiger partial charge >= 0.3 is 0 Å². The maximum Gasteiger partial charge on any atom is 0.0587 e. The van der Waals surface area contributed by atoms with E-state index in [0.29, 0.717) is 5.92 Å². The van der Waals surface area contributed by atoms with E-state index in [9.17, 15) is 0 Å². The summed E-state index contributed by atoms with van der Waals surface area (Å²) in [5.41, 5.74) is 0. The topological polar surface area (TPSA) is 41.5 Å². The van der Waals surface area contributed by atoms with Crippen LogP contribution in [0.15, 0.2) is 0 Å². The van der Waals surface area contributed by atoms with Crippen LogP contribution in [0.2, 0.25) is 0 Å². The highest BCUT2D eigenvalue weighted by molar-refractivity contribution is 4.79. The highest BCUT2D eigenvalue weighted by Gasteiger charge is 2.26. The molecular weight excluding hydrogens is 142 g/mol. The molecule has 1 fully saturated rings. The molecule has 1 saturated carbocycles. The Hall–Kier alpha value is -0.120. The smallest absolute Gasteiger partial charge is 0.0587 e. The third kappa shape index (κ3) is 3.18. The number of hydrogen-bond donors (Lipinski definition) is 2. The predicted octanol–water partition coefficient (Wildman–Crippen LogP) is -0.00670. The fourth-order valence-corrected chi connectivity index (χ4v) is 1.35. The van der Waals surface area contributed by atoms with Crippen molar-refractivity contribution in [2.45, 2.75) is 18.9 Å². The van der Waals surface area contributed by atoms with Gasteiger partial charge in [0.1, 0.15) is 0 Å². The monoisotopic (exact) mass is 159 g/mol. The maximum atomic E-state index is 8.97. The molecule has 1 aliphatic carbocycles. The molecule has 0 aromatic rings. The van der Waals surface area contributed by atoms with Crippen molar-refractivity contribution in [2.75, 3.05) is 26.8 Å². The van der Waals surface area contributed by atoms with E-state index in [-0.39, 0.29) is 6.10 Å². The molecule has 0 aliphatic heterocycles. The van der Waals surface area contributed by atoms with Crippen molar-refractivity contribution in [1.29, 1.82) is 0 Å². The highest BCUT2D eigenvalue weighted by Crippen LogP contribution is 2.25. The Balaban J connectivity index is 1.81. The number of hydrogen-bond acceptors (Lipinski definition) is 3. The second-order valence-electron chi connectivity index (χ2n) is 3.19. The summed E-state index contributed by atoms with van der Waals surface area (Å²) in [7, 11) is 1.70. The van der Waals surface area contributed by atoms with Crippen LogP contribution in [0, 0.1) is 5.92 Å². The zero-order chi connectivity index (χ0) is 8.10. The molecule has 11 heavy (non-hydrogen) atoms. The van der Waals surface area contributed by atoms with Crippen molar-refractivity contribution in [3.05, 3.63) is 0 Å². The van der Waals surface area contributed by atoms with Crippen LogP contribution < -0.4 is 5.32 Å². The van der Waals surface area contributed by atoms with Gasteiger partial charge in [-0.25, -0.2) is 0 Å². The van der Waals surface area contributed by atoms with Crippen molar-refractivity contribution in [3.63, 3.8) is 0 Å². The molecule has 0 saturated heterocycles. The van der Waals surface area contributed by atoms with E-state index in [1.807, 2.05) is 0 Å². The summed E-state index contributed by atoms with van der Waals surface area (Å²) in [6.45, 7) is 2.72. The van der Waals surface area contributed by atoms with Gasteiger partial charge in [-0.05, 0) is 25.3 Å². The molecule has 0 radical (unpaired) electrons. The maximum absolute atomic E-state index is 8.97. The Morgan fingerprint density at radius 3 is 2.82 bits per heavy atom. The van der Waals surface area contributed by atoms with Crippen LogP contribution in [0.1, 0.15) is 12.8 Å². The third-order valence-electron chi connectivity index (χ3n) is 2.13. The first-order valence-electron chi connectivity index (χ1n) is 4.20. The van der Waals surface area contributed by atoms with E-state index in [2.05, 4.69) is 5.32 Å². The Morgan fingerprint density at radius 2 is 2.27 bits per heavy atom. The molecule has 0 amide bonds. The molecule has 0 heterocycles. The van der Waals surface area contributed by atoms with E-state index >= 15 is 0 Å². The van der Waals surface area contributed by atoms with E-state index in [1.165, 1.54) is 0 Å². The molecule has 2 N–H and O–H groups in total. The van der Waals surface area contributed by atoms with Crippen molar-refractivity contribution >= 4 is 0 Å². The van der Waals surface area contributed by atoms with Crippen LogP contribution in [-0.2, 0) is 4.74 Å². The van der Waals surface area contributed by atoms with Gasteiger partial charge in [-0.15, -0.1) is 0 Å². The fraction of sp³-hybridized carbons (Fsp3) is 1.00. The average Bonchev–Trinajstić information content (AvgIpc) is 1.94. The Bertz CT molecular complexity index is 102. The van der Waals surface area contributed by atoms with E-state index in [0.717, 1.165) is 32.5 Å². The normalized spacial score (nSPS) is 30.0. The lowest BCUT2D eigenvalue weighted by atomic mass is 9.82. The van der Waals surface area contributed by atoms with E-state index < -0.39 is 0 Å². The van der Waals surface area contributed by atoms with Crippen molar-refractivity contribution in [1.82, 2.24) is 5.32 Å². The van der Waals surface area contributed by atoms with Crippen LogP contribution in [0.3, 0.4) is 0 Å². The Kier molecular flexibility index (Phi) is 3.83. The Labute approximate surface area is 67.7 Å². The quantitative estimate of drug-likeness (QED) is 0.554. The van der Waals surface area contributed by atoms with Crippen LogP contribution >= 0.6 is 0 Å². The standard InChI is InChI=1S/C8H17NO2/c1-11-3-2-9-6-7-4-8(10)5-7/h7-10H,2-6H2,1H3. The summed E-state index contributed by atoms with van der Waals surface area (Å²) in [6.07, 6.45) is 1.92. The lowest BCUT2D eigenvalue weighted by molar-refractivity contribution is 0.0424. The van der Waals surface area contributed by atoms with Crippen molar-refractivity contribution in [2.24, 2.45) is 5.92 Å². The van der Waals surface area contributed by atoms with Gasteiger partial charge in [0.25, 0.3) is 0 Å². The minimum atomic E-state index is -0.0239. The molecule has 3 nitrogen and oxygen atoms in total. The predicted molar refractivity (Wildman–Crippen MR) is 43.5 cm³/mol. The number of nitrogens with one attached hydrogen (secondary N) is 1. The van der Waals surface area contributed by atoms with Crippen LogP contribution in [-0.4, -0.2) is 38.0 Å². The number of rotatable bonds is 5. The lowest BCUT2D eigenvalue weighted by Crippen LogP contribution is -2.37. The van der Waals surface area contributed by atoms with E-state index in [1.54, 1.807) is 7.11 Å². The summed E-state index contributed by atoms with van der Waals surface area (Å²) in [6, 6.07) is 0. The molecule has 0 unspecified atom stereocenters. The van der Waals surface area contributed by atoms with Crippen LogP contribution in [0.25, 0.3) is 0 Å². The van der Waals surface area contributed by atoms with Gasteiger partial charge in [-0.2, -0.15) is 0 Å². The van der Waals surface area contributed by atoms with Gasteiger partial charge in [-0.3, -0.25) is 0 Å². The minimum absolute atomic E-state index is 0.0239. The largest absolute Gasteiger partial charge is 0.393 e. The fourth-order valence-electron chi connectivity index (χ4n) is 1.35. The van der Waals surface area contributed by atoms with Gasteiger partial charge in [0, 0.05) is 13.7 Å². The summed E-state index contributed by atoms with van der Waals surface area (Å²) in [5, 5.41) is 12.2. The SMILES string of the molecule is COCCNCC1CC(O)C1.